The van der Waals surface area contributed by atoms with Gasteiger partial charge in [-0.1, -0.05) is 205 Å². The number of hydrogen-bond donors (Lipinski definition) is 0. The van der Waals surface area contributed by atoms with Gasteiger partial charge in [-0.25, -0.2) is 0 Å². The molecule has 1 nitrogen and oxygen atoms in total. The zero-order chi connectivity index (χ0) is 40.8. The molecule has 2 unspecified atom stereocenters. The van der Waals surface area contributed by atoms with Crippen molar-refractivity contribution in [3.8, 4) is 0 Å². The van der Waals surface area contributed by atoms with Crippen molar-refractivity contribution in [3.05, 3.63) is 196 Å². The van der Waals surface area contributed by atoms with E-state index in [0.29, 0.717) is 11.8 Å². The number of anilines is 3. The molecule has 0 aromatic heterocycles. The van der Waals surface area contributed by atoms with E-state index in [1.165, 1.54) is 108 Å². The Morgan fingerprint density at radius 1 is 0.407 bits per heavy atom. The average Bonchev–Trinajstić information content (AvgIpc) is 3.29. The molecule has 1 fully saturated rings. The van der Waals surface area contributed by atoms with Gasteiger partial charge >= 0.3 is 0 Å². The number of hydrogen-bond acceptors (Lipinski definition) is 1. The van der Waals surface area contributed by atoms with Gasteiger partial charge in [-0.05, 0) is 130 Å². The summed E-state index contributed by atoms with van der Waals surface area (Å²) in [5, 5.41) is 0. The maximum atomic E-state index is 2.35. The molecule has 1 aliphatic carbocycles. The fourth-order valence-electron chi connectivity index (χ4n) is 8.61. The second-order valence-electron chi connectivity index (χ2n) is 16.8. The van der Waals surface area contributed by atoms with E-state index >= 15 is 0 Å². The quantitative estimate of drug-likeness (QED) is 0.0886. The van der Waals surface area contributed by atoms with E-state index in [1.54, 1.807) is 0 Å². The molecule has 0 saturated heterocycles. The highest BCUT2D eigenvalue weighted by atomic mass is 15.1. The molecular formula is C58H63N. The zero-order valence-corrected chi connectivity index (χ0v) is 35.9. The van der Waals surface area contributed by atoms with Gasteiger partial charge in [-0.15, -0.1) is 0 Å². The first kappa shape index (κ1) is 41.5. The molecule has 1 saturated carbocycles. The van der Waals surface area contributed by atoms with E-state index in [1.807, 2.05) is 0 Å². The second-order valence-corrected chi connectivity index (χ2v) is 16.8. The molecule has 2 atom stereocenters. The minimum atomic E-state index is 0.601. The van der Waals surface area contributed by atoms with Crippen molar-refractivity contribution in [1.82, 2.24) is 0 Å². The summed E-state index contributed by atoms with van der Waals surface area (Å²) in [5.74, 6) is 1.94. The van der Waals surface area contributed by atoms with Gasteiger partial charge in [0.05, 0.1) is 0 Å². The minimum absolute atomic E-state index is 0.601. The van der Waals surface area contributed by atoms with Gasteiger partial charge in [0.1, 0.15) is 0 Å². The molecule has 0 bridgehead atoms. The van der Waals surface area contributed by atoms with E-state index in [9.17, 15) is 0 Å². The molecule has 1 aliphatic rings. The highest BCUT2D eigenvalue weighted by molar-refractivity contribution is 5.80. The third-order valence-electron chi connectivity index (χ3n) is 12.3. The summed E-state index contributed by atoms with van der Waals surface area (Å²) in [4.78, 5) is 2.35. The van der Waals surface area contributed by atoms with Gasteiger partial charge in [-0.3, -0.25) is 0 Å². The Morgan fingerprint density at radius 3 is 1.00 bits per heavy atom. The first-order valence-corrected chi connectivity index (χ1v) is 22.4. The van der Waals surface area contributed by atoms with Gasteiger partial charge in [-0.2, -0.15) is 0 Å². The van der Waals surface area contributed by atoms with Crippen LogP contribution in [0.25, 0.3) is 36.5 Å². The van der Waals surface area contributed by atoms with Gasteiger partial charge in [0.15, 0.2) is 0 Å². The SMILES string of the molecule is CCCC(C)c1ccc(/C=C/c2ccc(N(c3ccc(/C=C/c4ccc(C(C)CCC)cc4)cc3)c3ccc(/C=C/c4ccc(C5CCCCC5)cc4)cc3)cc2)cc1. The largest absolute Gasteiger partial charge is 0.311 e. The predicted octanol–water partition coefficient (Wildman–Crippen LogP) is 17.5. The van der Waals surface area contributed by atoms with Crippen LogP contribution in [0.1, 0.15) is 153 Å². The van der Waals surface area contributed by atoms with Crippen molar-refractivity contribution in [2.45, 2.75) is 103 Å². The molecule has 0 spiro atoms. The van der Waals surface area contributed by atoms with E-state index in [4.69, 9.17) is 0 Å². The maximum absolute atomic E-state index is 2.35. The Labute approximate surface area is 355 Å². The Morgan fingerprint density at radius 2 is 0.695 bits per heavy atom. The van der Waals surface area contributed by atoms with E-state index in [0.717, 1.165) is 23.0 Å². The number of benzene rings is 6. The van der Waals surface area contributed by atoms with Crippen molar-refractivity contribution in [3.63, 3.8) is 0 Å². The van der Waals surface area contributed by atoms with Crippen LogP contribution in [0.2, 0.25) is 0 Å². The van der Waals surface area contributed by atoms with E-state index in [2.05, 4.69) is 215 Å². The van der Waals surface area contributed by atoms with Crippen LogP contribution in [0.5, 0.6) is 0 Å². The summed E-state index contributed by atoms with van der Waals surface area (Å²) in [6, 6.07) is 54.1. The van der Waals surface area contributed by atoms with Crippen LogP contribution >= 0.6 is 0 Å². The third-order valence-corrected chi connectivity index (χ3v) is 12.3. The molecule has 1 heteroatoms. The van der Waals surface area contributed by atoms with Crippen LogP contribution in [-0.4, -0.2) is 0 Å². The first-order chi connectivity index (χ1) is 28.9. The average molecular weight is 774 g/mol. The Balaban J connectivity index is 1.09. The molecule has 7 rings (SSSR count). The predicted molar refractivity (Wildman–Crippen MR) is 260 cm³/mol. The summed E-state index contributed by atoms with van der Waals surface area (Å²) in [6.45, 7) is 9.16. The highest BCUT2D eigenvalue weighted by Crippen LogP contribution is 2.36. The summed E-state index contributed by atoms with van der Waals surface area (Å²) >= 11 is 0. The normalized spacial score (nSPS) is 14.6. The lowest BCUT2D eigenvalue weighted by Gasteiger charge is -2.26. The lowest BCUT2D eigenvalue weighted by atomic mass is 9.84. The molecule has 0 heterocycles. The van der Waals surface area contributed by atoms with Gasteiger partial charge < -0.3 is 4.90 Å². The van der Waals surface area contributed by atoms with Crippen LogP contribution in [0, 0.1) is 0 Å². The van der Waals surface area contributed by atoms with Crippen LogP contribution in [0.4, 0.5) is 17.1 Å². The fourth-order valence-corrected chi connectivity index (χ4v) is 8.61. The summed E-state index contributed by atoms with van der Waals surface area (Å²) in [5.41, 5.74) is 15.0. The Bertz CT molecular complexity index is 2140. The fraction of sp³-hybridized carbons (Fsp3) is 0.276. The van der Waals surface area contributed by atoms with Crippen molar-refractivity contribution in [2.24, 2.45) is 0 Å². The first-order valence-electron chi connectivity index (χ1n) is 22.4. The van der Waals surface area contributed by atoms with Crippen molar-refractivity contribution >= 4 is 53.5 Å². The molecule has 300 valence electrons. The van der Waals surface area contributed by atoms with E-state index in [-0.39, 0.29) is 0 Å². The van der Waals surface area contributed by atoms with Crippen LogP contribution < -0.4 is 4.90 Å². The van der Waals surface area contributed by atoms with Gasteiger partial charge in [0.2, 0.25) is 0 Å². The molecule has 6 aromatic carbocycles. The maximum Gasteiger partial charge on any atom is 0.0462 e. The van der Waals surface area contributed by atoms with Crippen LogP contribution in [-0.2, 0) is 0 Å². The van der Waals surface area contributed by atoms with Crippen molar-refractivity contribution < 1.29 is 0 Å². The van der Waals surface area contributed by atoms with E-state index < -0.39 is 0 Å². The molecule has 0 aliphatic heterocycles. The molecule has 6 aromatic rings. The zero-order valence-electron chi connectivity index (χ0n) is 35.9. The Kier molecular flexibility index (Phi) is 14.7. The molecule has 59 heavy (non-hydrogen) atoms. The van der Waals surface area contributed by atoms with Crippen LogP contribution in [0.3, 0.4) is 0 Å². The summed E-state index contributed by atoms with van der Waals surface area (Å²) in [7, 11) is 0. The standard InChI is InChI=1S/C58H63N/c1-5-10-44(3)52-32-20-46(21-33-52)14-17-49-26-38-56(39-27-49)59(57-40-28-50(29-41-57)18-15-47-22-34-53(35-23-47)45(4)11-6-2)58-42-30-51(31-43-58)19-16-48-24-36-55(37-25-48)54-12-8-7-9-13-54/h14-45,54H,5-13H2,1-4H3/b17-14+,18-15+,19-16+. The third kappa shape index (κ3) is 11.5. The lowest BCUT2D eigenvalue weighted by Crippen LogP contribution is -2.09. The highest BCUT2D eigenvalue weighted by Gasteiger charge is 2.15. The van der Waals surface area contributed by atoms with Gasteiger partial charge in [0.25, 0.3) is 0 Å². The lowest BCUT2D eigenvalue weighted by molar-refractivity contribution is 0.443. The molecule has 0 N–H and O–H groups in total. The number of nitrogens with zero attached hydrogens (tertiary/aromatic N) is 1. The monoisotopic (exact) mass is 773 g/mol. The van der Waals surface area contributed by atoms with Crippen LogP contribution in [0.15, 0.2) is 146 Å². The summed E-state index contributed by atoms with van der Waals surface area (Å²) in [6.07, 6.45) is 25.0. The summed E-state index contributed by atoms with van der Waals surface area (Å²) < 4.78 is 0. The van der Waals surface area contributed by atoms with Crippen molar-refractivity contribution in [2.75, 3.05) is 4.90 Å². The molecule has 0 radical (unpaired) electrons. The Hall–Kier alpha value is -5.66. The smallest absolute Gasteiger partial charge is 0.0462 e. The second kappa shape index (κ2) is 20.9. The molecular weight excluding hydrogens is 711 g/mol. The van der Waals surface area contributed by atoms with Crippen molar-refractivity contribution in [1.29, 1.82) is 0 Å². The minimum Gasteiger partial charge on any atom is -0.311 e. The molecule has 0 amide bonds. The van der Waals surface area contributed by atoms with Gasteiger partial charge in [0, 0.05) is 17.1 Å². The number of rotatable bonds is 16. The topological polar surface area (TPSA) is 3.24 Å².